The van der Waals surface area contributed by atoms with Gasteiger partial charge in [0.1, 0.15) is 0 Å². The summed E-state index contributed by atoms with van der Waals surface area (Å²) in [5, 5.41) is 7.29. The van der Waals surface area contributed by atoms with Gasteiger partial charge in [-0.25, -0.2) is 4.79 Å². The molecule has 10 heteroatoms. The van der Waals surface area contributed by atoms with Crippen LogP contribution in [-0.2, 0) is 13.1 Å². The fourth-order valence-corrected chi connectivity index (χ4v) is 4.23. The average Bonchev–Trinajstić information content (AvgIpc) is 3.41. The van der Waals surface area contributed by atoms with E-state index in [-0.39, 0.29) is 24.3 Å². The number of likely N-dealkylation sites (tertiary alicyclic amines) is 1. The SMILES string of the molecule is O=C(NC1CCN(Cc2ccccc2)CC1)c1nc(Cn2c(=O)oc3ccc(Cl)cc32)no1. The summed E-state index contributed by atoms with van der Waals surface area (Å²) < 4.78 is 11.7. The third kappa shape index (κ3) is 4.84. The van der Waals surface area contributed by atoms with E-state index in [1.54, 1.807) is 18.2 Å². The number of hydrogen-bond donors (Lipinski definition) is 1. The first-order valence-corrected chi connectivity index (χ1v) is 11.1. The number of aromatic nitrogens is 3. The fourth-order valence-electron chi connectivity index (χ4n) is 4.06. The van der Waals surface area contributed by atoms with Gasteiger partial charge in [-0.2, -0.15) is 4.98 Å². The first-order valence-electron chi connectivity index (χ1n) is 10.7. The molecule has 0 atom stereocenters. The minimum atomic E-state index is -0.565. The lowest BCUT2D eigenvalue weighted by Gasteiger charge is -2.32. The van der Waals surface area contributed by atoms with Crippen molar-refractivity contribution in [3.8, 4) is 0 Å². The van der Waals surface area contributed by atoms with E-state index in [0.29, 0.717) is 16.1 Å². The minimum Gasteiger partial charge on any atom is -0.408 e. The fraction of sp³-hybridized carbons (Fsp3) is 0.304. The second-order valence-corrected chi connectivity index (χ2v) is 8.53. The standard InChI is InChI=1S/C23H22ClN5O4/c24-16-6-7-19-18(12-16)29(23(31)32-19)14-20-26-22(33-27-20)21(30)25-17-8-10-28(11-9-17)13-15-4-2-1-3-5-15/h1-7,12,17H,8-11,13-14H2,(H,25,30). The van der Waals surface area contributed by atoms with Crippen LogP contribution in [0.2, 0.25) is 5.02 Å². The number of carbonyl (C=O) groups is 1. The maximum Gasteiger partial charge on any atom is 0.420 e. The van der Waals surface area contributed by atoms with Crippen LogP contribution in [0.5, 0.6) is 0 Å². The van der Waals surface area contributed by atoms with Crippen molar-refractivity contribution >= 4 is 28.6 Å². The zero-order valence-corrected chi connectivity index (χ0v) is 18.5. The lowest BCUT2D eigenvalue weighted by Crippen LogP contribution is -2.44. The molecule has 2 aromatic carbocycles. The van der Waals surface area contributed by atoms with E-state index in [1.165, 1.54) is 10.1 Å². The van der Waals surface area contributed by atoms with Crippen molar-refractivity contribution in [2.24, 2.45) is 0 Å². The largest absolute Gasteiger partial charge is 0.420 e. The number of benzene rings is 2. The predicted octanol–water partition coefficient (Wildman–Crippen LogP) is 3.07. The molecular formula is C23H22ClN5O4. The number of carbonyl (C=O) groups excluding carboxylic acids is 1. The Balaban J connectivity index is 1.18. The van der Waals surface area contributed by atoms with Crippen molar-refractivity contribution in [3.05, 3.63) is 81.4 Å². The van der Waals surface area contributed by atoms with Gasteiger partial charge in [-0.3, -0.25) is 14.3 Å². The van der Waals surface area contributed by atoms with Crippen molar-refractivity contribution < 1.29 is 13.7 Å². The van der Waals surface area contributed by atoms with Gasteiger partial charge in [-0.1, -0.05) is 47.1 Å². The Bertz CT molecular complexity index is 1320. The molecule has 1 aliphatic heterocycles. The van der Waals surface area contributed by atoms with E-state index in [0.717, 1.165) is 32.5 Å². The third-order valence-corrected chi connectivity index (χ3v) is 6.00. The van der Waals surface area contributed by atoms with Crippen LogP contribution in [0.1, 0.15) is 34.9 Å². The van der Waals surface area contributed by atoms with Gasteiger partial charge in [0.15, 0.2) is 11.4 Å². The highest BCUT2D eigenvalue weighted by atomic mass is 35.5. The van der Waals surface area contributed by atoms with Crippen molar-refractivity contribution in [3.63, 3.8) is 0 Å². The first kappa shape index (κ1) is 21.4. The summed E-state index contributed by atoms with van der Waals surface area (Å²) in [6.07, 6.45) is 1.69. The molecule has 9 nitrogen and oxygen atoms in total. The molecule has 5 rings (SSSR count). The Labute approximate surface area is 193 Å². The van der Waals surface area contributed by atoms with Crippen molar-refractivity contribution in [1.82, 2.24) is 24.9 Å². The molecule has 4 aromatic rings. The van der Waals surface area contributed by atoms with Crippen LogP contribution in [-0.4, -0.2) is 44.6 Å². The Kier molecular flexibility index (Phi) is 5.97. The van der Waals surface area contributed by atoms with Crippen LogP contribution in [0.4, 0.5) is 0 Å². The highest BCUT2D eigenvalue weighted by Crippen LogP contribution is 2.19. The summed E-state index contributed by atoms with van der Waals surface area (Å²) in [4.78, 5) is 31.3. The van der Waals surface area contributed by atoms with E-state index < -0.39 is 11.7 Å². The van der Waals surface area contributed by atoms with Crippen LogP contribution >= 0.6 is 11.6 Å². The molecule has 1 amide bonds. The highest BCUT2D eigenvalue weighted by molar-refractivity contribution is 6.31. The molecule has 1 saturated heterocycles. The van der Waals surface area contributed by atoms with Gasteiger partial charge in [0.25, 0.3) is 0 Å². The molecule has 1 aliphatic rings. The molecule has 2 aromatic heterocycles. The maximum atomic E-state index is 12.6. The molecule has 3 heterocycles. The van der Waals surface area contributed by atoms with Crippen molar-refractivity contribution in [1.29, 1.82) is 0 Å². The van der Waals surface area contributed by atoms with Gasteiger partial charge in [0.05, 0.1) is 12.1 Å². The van der Waals surface area contributed by atoms with Crippen LogP contribution in [0, 0.1) is 0 Å². The average molecular weight is 468 g/mol. The monoisotopic (exact) mass is 467 g/mol. The summed E-state index contributed by atoms with van der Waals surface area (Å²) in [5.74, 6) is -0.911. The molecule has 170 valence electrons. The zero-order chi connectivity index (χ0) is 22.8. The number of amides is 1. The molecule has 0 spiro atoms. The van der Waals surface area contributed by atoms with E-state index in [9.17, 15) is 9.59 Å². The molecular weight excluding hydrogens is 446 g/mol. The van der Waals surface area contributed by atoms with Crippen molar-refractivity contribution in [2.45, 2.75) is 32.0 Å². The Hall–Kier alpha value is -3.43. The molecule has 1 N–H and O–H groups in total. The second kappa shape index (κ2) is 9.21. The number of fused-ring (bicyclic) bond motifs is 1. The normalized spacial score (nSPS) is 15.2. The summed E-state index contributed by atoms with van der Waals surface area (Å²) in [6, 6.07) is 15.3. The number of halogens is 1. The summed E-state index contributed by atoms with van der Waals surface area (Å²) in [6.45, 7) is 2.70. The molecule has 33 heavy (non-hydrogen) atoms. The Morgan fingerprint density at radius 3 is 2.70 bits per heavy atom. The smallest absolute Gasteiger partial charge is 0.408 e. The number of oxazole rings is 1. The van der Waals surface area contributed by atoms with Gasteiger partial charge in [0, 0.05) is 30.7 Å². The molecule has 0 saturated carbocycles. The first-order chi connectivity index (χ1) is 16.0. The van der Waals surface area contributed by atoms with Crippen LogP contribution in [0.25, 0.3) is 11.1 Å². The lowest BCUT2D eigenvalue weighted by molar-refractivity contribution is 0.0865. The number of rotatable bonds is 6. The van der Waals surface area contributed by atoms with Crippen LogP contribution in [0.3, 0.4) is 0 Å². The molecule has 1 fully saturated rings. The summed E-state index contributed by atoms with van der Waals surface area (Å²) in [7, 11) is 0. The molecule has 0 unspecified atom stereocenters. The number of nitrogens with zero attached hydrogens (tertiary/aromatic N) is 4. The van der Waals surface area contributed by atoms with Crippen molar-refractivity contribution in [2.75, 3.05) is 13.1 Å². The topological polar surface area (TPSA) is 106 Å². The van der Waals surface area contributed by atoms with Gasteiger partial charge in [-0.15, -0.1) is 0 Å². The van der Waals surface area contributed by atoms with Crippen LogP contribution in [0.15, 0.2) is 62.3 Å². The lowest BCUT2D eigenvalue weighted by atomic mass is 10.0. The van der Waals surface area contributed by atoms with Gasteiger partial charge in [-0.05, 0) is 36.6 Å². The van der Waals surface area contributed by atoms with E-state index in [4.69, 9.17) is 20.5 Å². The highest BCUT2D eigenvalue weighted by Gasteiger charge is 2.24. The minimum absolute atomic E-state index is 0.000824. The van der Waals surface area contributed by atoms with Gasteiger partial charge >= 0.3 is 17.6 Å². The predicted molar refractivity (Wildman–Crippen MR) is 121 cm³/mol. The van der Waals surface area contributed by atoms with Crippen LogP contribution < -0.4 is 11.1 Å². The van der Waals surface area contributed by atoms with E-state index in [1.807, 2.05) is 18.2 Å². The summed E-state index contributed by atoms with van der Waals surface area (Å²) in [5.41, 5.74) is 2.21. The number of nitrogens with one attached hydrogen (secondary N) is 1. The molecule has 0 aliphatic carbocycles. The Morgan fingerprint density at radius 1 is 1.12 bits per heavy atom. The summed E-state index contributed by atoms with van der Waals surface area (Å²) >= 11 is 6.03. The number of hydrogen-bond acceptors (Lipinski definition) is 7. The Morgan fingerprint density at radius 2 is 1.91 bits per heavy atom. The molecule has 0 bridgehead atoms. The maximum absolute atomic E-state index is 12.6. The van der Waals surface area contributed by atoms with Gasteiger partial charge in [0.2, 0.25) is 0 Å². The van der Waals surface area contributed by atoms with Gasteiger partial charge < -0.3 is 14.3 Å². The molecule has 0 radical (unpaired) electrons. The third-order valence-electron chi connectivity index (χ3n) is 5.76. The zero-order valence-electron chi connectivity index (χ0n) is 17.7. The van der Waals surface area contributed by atoms with E-state index >= 15 is 0 Å². The van der Waals surface area contributed by atoms with E-state index in [2.05, 4.69) is 32.5 Å². The number of piperidine rings is 1. The second-order valence-electron chi connectivity index (χ2n) is 8.09. The quantitative estimate of drug-likeness (QED) is 0.464.